The van der Waals surface area contributed by atoms with Crippen molar-refractivity contribution in [2.45, 2.75) is 26.2 Å². The molecule has 5 rings (SSSR count). The fourth-order valence-corrected chi connectivity index (χ4v) is 4.89. The van der Waals surface area contributed by atoms with E-state index in [1.54, 1.807) is 6.07 Å². The van der Waals surface area contributed by atoms with Crippen LogP contribution in [0.25, 0.3) is 33.4 Å². The van der Waals surface area contributed by atoms with Crippen LogP contribution in [0, 0.1) is 0 Å². The summed E-state index contributed by atoms with van der Waals surface area (Å²) >= 11 is 7.82. The largest absolute Gasteiger partial charge is 0.298 e. The highest BCUT2D eigenvalue weighted by molar-refractivity contribution is 7.14. The Balaban J connectivity index is 1.46. The van der Waals surface area contributed by atoms with Gasteiger partial charge < -0.3 is 0 Å². The number of para-hydroxylation sites is 1. The normalized spacial score (nSPS) is 11.5. The van der Waals surface area contributed by atoms with Crippen molar-refractivity contribution in [2.24, 2.45) is 0 Å². The van der Waals surface area contributed by atoms with Crippen LogP contribution in [-0.2, 0) is 5.41 Å². The average molecular weight is 498 g/mol. The summed E-state index contributed by atoms with van der Waals surface area (Å²) in [5.41, 5.74) is 5.90. The summed E-state index contributed by atoms with van der Waals surface area (Å²) in [7, 11) is 0. The predicted molar refractivity (Wildman–Crippen MR) is 146 cm³/mol. The van der Waals surface area contributed by atoms with Crippen LogP contribution in [0.2, 0.25) is 5.02 Å². The molecule has 0 aliphatic heterocycles. The number of thiazole rings is 1. The molecule has 1 amide bonds. The molecule has 0 spiro atoms. The van der Waals surface area contributed by atoms with E-state index in [0.717, 1.165) is 27.7 Å². The molecule has 3 aromatic carbocycles. The van der Waals surface area contributed by atoms with Gasteiger partial charge in [0.25, 0.3) is 5.91 Å². The van der Waals surface area contributed by atoms with Gasteiger partial charge in [0.15, 0.2) is 5.13 Å². The molecule has 0 unspecified atom stereocenters. The first kappa shape index (κ1) is 23.2. The first-order valence-electron chi connectivity index (χ1n) is 11.3. The number of hydrogen-bond acceptors (Lipinski definition) is 4. The molecular formula is C29H24ClN3OS. The molecule has 6 heteroatoms. The number of anilines is 1. The number of fused-ring (bicyclic) bond motifs is 1. The highest BCUT2D eigenvalue weighted by atomic mass is 35.5. The lowest BCUT2D eigenvalue weighted by atomic mass is 9.86. The van der Waals surface area contributed by atoms with Crippen molar-refractivity contribution in [3.05, 3.63) is 100 Å². The molecule has 0 bridgehead atoms. The second kappa shape index (κ2) is 9.25. The maximum atomic E-state index is 13.4. The van der Waals surface area contributed by atoms with Crippen LogP contribution in [0.5, 0.6) is 0 Å². The Hall–Kier alpha value is -3.54. The lowest BCUT2D eigenvalue weighted by Crippen LogP contribution is -2.13. The Morgan fingerprint density at radius 3 is 2.34 bits per heavy atom. The van der Waals surface area contributed by atoms with Crippen molar-refractivity contribution in [3.8, 4) is 22.5 Å². The Morgan fingerprint density at radius 2 is 1.60 bits per heavy atom. The first-order valence-corrected chi connectivity index (χ1v) is 12.6. The number of halogens is 1. The Morgan fingerprint density at radius 1 is 0.886 bits per heavy atom. The third-order valence-electron chi connectivity index (χ3n) is 5.88. The first-order chi connectivity index (χ1) is 16.8. The van der Waals surface area contributed by atoms with Gasteiger partial charge in [-0.05, 0) is 29.2 Å². The van der Waals surface area contributed by atoms with Gasteiger partial charge in [-0.2, -0.15) is 0 Å². The van der Waals surface area contributed by atoms with E-state index < -0.39 is 0 Å². The Bertz CT molecular complexity index is 1530. The van der Waals surface area contributed by atoms with Crippen molar-refractivity contribution in [2.75, 3.05) is 5.32 Å². The molecule has 2 aromatic heterocycles. The Labute approximate surface area is 213 Å². The molecule has 35 heavy (non-hydrogen) atoms. The van der Waals surface area contributed by atoms with Gasteiger partial charge in [-0.3, -0.25) is 10.1 Å². The van der Waals surface area contributed by atoms with Crippen LogP contribution in [-0.4, -0.2) is 15.9 Å². The van der Waals surface area contributed by atoms with Gasteiger partial charge in [-0.25, -0.2) is 9.97 Å². The van der Waals surface area contributed by atoms with Gasteiger partial charge >= 0.3 is 0 Å². The van der Waals surface area contributed by atoms with Crippen LogP contribution in [0.3, 0.4) is 0 Å². The van der Waals surface area contributed by atoms with E-state index in [-0.39, 0.29) is 11.3 Å². The van der Waals surface area contributed by atoms with Gasteiger partial charge in [0, 0.05) is 26.9 Å². The summed E-state index contributed by atoms with van der Waals surface area (Å²) in [6.45, 7) is 6.58. The van der Waals surface area contributed by atoms with Gasteiger partial charge in [-0.15, -0.1) is 11.3 Å². The molecule has 2 heterocycles. The van der Waals surface area contributed by atoms with Crippen LogP contribution in [0.1, 0.15) is 36.7 Å². The third-order valence-corrected chi connectivity index (χ3v) is 6.97. The van der Waals surface area contributed by atoms with Gasteiger partial charge in [-0.1, -0.05) is 93.0 Å². The molecule has 0 atom stereocenters. The number of benzene rings is 3. The predicted octanol–water partition coefficient (Wildman–Crippen LogP) is 8.23. The molecule has 0 aliphatic carbocycles. The second-order valence-electron chi connectivity index (χ2n) is 9.37. The molecule has 0 saturated carbocycles. The summed E-state index contributed by atoms with van der Waals surface area (Å²) in [5.74, 6) is -0.235. The van der Waals surface area contributed by atoms with E-state index >= 15 is 0 Å². The molecule has 0 saturated heterocycles. The van der Waals surface area contributed by atoms with E-state index in [4.69, 9.17) is 16.6 Å². The maximum Gasteiger partial charge on any atom is 0.258 e. The molecule has 0 radical (unpaired) electrons. The zero-order valence-electron chi connectivity index (χ0n) is 19.7. The van der Waals surface area contributed by atoms with E-state index in [1.807, 2.05) is 53.9 Å². The molecule has 174 valence electrons. The van der Waals surface area contributed by atoms with Gasteiger partial charge in [0.1, 0.15) is 0 Å². The SMILES string of the molecule is CC(C)(C)c1ccc(-c2csc(NC(=O)c3cc(-c4ccccc4Cl)nc4ccccc34)n2)cc1. The summed E-state index contributed by atoms with van der Waals surface area (Å²) < 4.78 is 0. The number of nitrogens with zero attached hydrogens (tertiary/aromatic N) is 2. The van der Waals surface area contributed by atoms with Crippen LogP contribution < -0.4 is 5.32 Å². The minimum absolute atomic E-state index is 0.0931. The van der Waals surface area contributed by atoms with Crippen LogP contribution in [0.15, 0.2) is 84.2 Å². The number of carbonyl (C=O) groups excluding carboxylic acids is 1. The third kappa shape index (κ3) is 4.83. The number of carbonyl (C=O) groups is 1. The maximum absolute atomic E-state index is 13.4. The number of nitrogens with one attached hydrogen (secondary N) is 1. The zero-order valence-corrected chi connectivity index (χ0v) is 21.2. The van der Waals surface area contributed by atoms with Crippen LogP contribution >= 0.6 is 22.9 Å². The van der Waals surface area contributed by atoms with E-state index in [0.29, 0.717) is 21.4 Å². The van der Waals surface area contributed by atoms with Crippen molar-refractivity contribution in [3.63, 3.8) is 0 Å². The number of rotatable bonds is 4. The molecule has 4 nitrogen and oxygen atoms in total. The summed E-state index contributed by atoms with van der Waals surface area (Å²) in [6, 6.07) is 25.3. The zero-order chi connectivity index (χ0) is 24.6. The number of hydrogen-bond donors (Lipinski definition) is 1. The van der Waals surface area contributed by atoms with E-state index in [2.05, 4.69) is 55.3 Å². The summed E-state index contributed by atoms with van der Waals surface area (Å²) in [5, 5.41) is 6.84. The van der Waals surface area contributed by atoms with E-state index in [1.165, 1.54) is 16.9 Å². The molecule has 0 aliphatic rings. The summed E-state index contributed by atoms with van der Waals surface area (Å²) in [4.78, 5) is 22.8. The topological polar surface area (TPSA) is 54.9 Å². The minimum Gasteiger partial charge on any atom is -0.298 e. The fraction of sp³-hybridized carbons (Fsp3) is 0.138. The monoisotopic (exact) mass is 497 g/mol. The van der Waals surface area contributed by atoms with E-state index in [9.17, 15) is 4.79 Å². The van der Waals surface area contributed by atoms with Crippen molar-refractivity contribution >= 4 is 44.9 Å². The lowest BCUT2D eigenvalue weighted by Gasteiger charge is -2.18. The van der Waals surface area contributed by atoms with Crippen molar-refractivity contribution < 1.29 is 4.79 Å². The number of pyridine rings is 1. The lowest BCUT2D eigenvalue weighted by molar-refractivity contribution is 0.102. The minimum atomic E-state index is -0.235. The number of aromatic nitrogens is 2. The highest BCUT2D eigenvalue weighted by Gasteiger charge is 2.17. The average Bonchev–Trinajstić information content (AvgIpc) is 3.31. The fourth-order valence-electron chi connectivity index (χ4n) is 3.94. The van der Waals surface area contributed by atoms with Crippen molar-refractivity contribution in [1.29, 1.82) is 0 Å². The molecular weight excluding hydrogens is 474 g/mol. The highest BCUT2D eigenvalue weighted by Crippen LogP contribution is 2.31. The van der Waals surface area contributed by atoms with Crippen molar-refractivity contribution in [1.82, 2.24) is 9.97 Å². The number of amides is 1. The van der Waals surface area contributed by atoms with Gasteiger partial charge in [0.05, 0.1) is 22.5 Å². The van der Waals surface area contributed by atoms with Crippen LogP contribution in [0.4, 0.5) is 5.13 Å². The Kier molecular flexibility index (Phi) is 6.13. The van der Waals surface area contributed by atoms with Gasteiger partial charge in [0.2, 0.25) is 0 Å². The molecule has 0 fully saturated rings. The quantitative estimate of drug-likeness (QED) is 0.272. The summed E-state index contributed by atoms with van der Waals surface area (Å²) in [6.07, 6.45) is 0. The molecule has 1 N–H and O–H groups in total. The molecule has 5 aromatic rings. The standard InChI is InChI=1S/C29H24ClN3OS/c1-29(2,3)19-14-12-18(13-15-19)26-17-35-28(32-26)33-27(34)22-16-25(21-9-4-6-10-23(21)30)31-24-11-7-5-8-20(22)24/h4-17H,1-3H3,(H,32,33,34). The second-order valence-corrected chi connectivity index (χ2v) is 10.6. The smallest absolute Gasteiger partial charge is 0.258 e.